The Morgan fingerprint density at radius 3 is 2.93 bits per heavy atom. The quantitative estimate of drug-likeness (QED) is 0.673. The van der Waals surface area contributed by atoms with Crippen molar-refractivity contribution in [2.75, 3.05) is 25.5 Å². The molecule has 0 unspecified atom stereocenters. The number of rotatable bonds is 7. The lowest BCUT2D eigenvalue weighted by atomic mass is 9.93. The Labute approximate surface area is 170 Å². The third-order valence-corrected chi connectivity index (χ3v) is 6.31. The maximum atomic E-state index is 12.4. The van der Waals surface area contributed by atoms with Gasteiger partial charge in [-0.3, -0.25) is 9.69 Å². The number of carbonyl (C=O) groups is 1. The molecule has 1 aliphatic heterocycles. The smallest absolute Gasteiger partial charge is 0.224 e. The van der Waals surface area contributed by atoms with Gasteiger partial charge in [-0.25, -0.2) is 0 Å². The molecule has 0 bridgehead atoms. The Kier molecular flexibility index (Phi) is 7.16. The summed E-state index contributed by atoms with van der Waals surface area (Å²) in [6, 6.07) is 9.79. The van der Waals surface area contributed by atoms with E-state index in [9.17, 15) is 4.79 Å². The predicted molar refractivity (Wildman–Crippen MR) is 113 cm³/mol. The number of likely N-dealkylation sites (tertiary alicyclic amines) is 1. The molecule has 1 fully saturated rings. The van der Waals surface area contributed by atoms with Crippen molar-refractivity contribution in [3.8, 4) is 5.75 Å². The first-order chi connectivity index (χ1) is 13.0. The van der Waals surface area contributed by atoms with E-state index in [0.717, 1.165) is 47.4 Å². The second kappa shape index (κ2) is 9.58. The first kappa shape index (κ1) is 20.2. The van der Waals surface area contributed by atoms with Crippen LogP contribution in [0.3, 0.4) is 0 Å². The summed E-state index contributed by atoms with van der Waals surface area (Å²) >= 11 is 7.69. The molecule has 146 valence electrons. The van der Waals surface area contributed by atoms with Crippen LogP contribution in [-0.2, 0) is 11.3 Å². The molecule has 4 nitrogen and oxygen atoms in total. The van der Waals surface area contributed by atoms with Gasteiger partial charge in [0.25, 0.3) is 0 Å². The largest absolute Gasteiger partial charge is 0.497 e. The van der Waals surface area contributed by atoms with Crippen LogP contribution in [0.2, 0.25) is 4.34 Å². The molecule has 1 amide bonds. The van der Waals surface area contributed by atoms with Crippen molar-refractivity contribution >= 4 is 34.5 Å². The molecule has 1 aromatic heterocycles. The van der Waals surface area contributed by atoms with Crippen molar-refractivity contribution in [2.24, 2.45) is 5.92 Å². The number of thiophene rings is 1. The van der Waals surface area contributed by atoms with Crippen LogP contribution in [0.1, 0.15) is 36.1 Å². The van der Waals surface area contributed by atoms with Gasteiger partial charge in [-0.1, -0.05) is 11.6 Å². The SMILES string of the molecule is COc1ccc(NC(=O)CC[C@@H]2CCCN(Cc3ccc(Cl)s3)C2)c(C)c1. The van der Waals surface area contributed by atoms with Crippen LogP contribution in [-0.4, -0.2) is 31.0 Å². The van der Waals surface area contributed by atoms with Gasteiger partial charge in [0.1, 0.15) is 5.75 Å². The zero-order valence-corrected chi connectivity index (χ0v) is 17.5. The van der Waals surface area contributed by atoms with Crippen molar-refractivity contribution < 1.29 is 9.53 Å². The van der Waals surface area contributed by atoms with Crippen molar-refractivity contribution in [1.29, 1.82) is 0 Å². The first-order valence-corrected chi connectivity index (χ1v) is 10.6. The highest BCUT2D eigenvalue weighted by Crippen LogP contribution is 2.27. The lowest BCUT2D eigenvalue weighted by molar-refractivity contribution is -0.116. The maximum Gasteiger partial charge on any atom is 0.224 e. The summed E-state index contributed by atoms with van der Waals surface area (Å²) in [6.45, 7) is 5.13. The standard InChI is InChI=1S/C21H27ClN2O2S/c1-15-12-17(26-2)6-8-19(15)23-21(25)10-5-16-4-3-11-24(13-16)14-18-7-9-20(22)27-18/h6-9,12,16H,3-5,10-11,13-14H2,1-2H3,(H,23,25)/t16-/m0/s1. The predicted octanol–water partition coefficient (Wildman–Crippen LogP) is 5.35. The molecular formula is C21H27ClN2O2S. The number of benzene rings is 1. The van der Waals surface area contributed by atoms with Crippen LogP contribution in [0, 0.1) is 12.8 Å². The summed E-state index contributed by atoms with van der Waals surface area (Å²) in [5.74, 6) is 1.47. The number of halogens is 1. The Bertz CT molecular complexity index is 777. The minimum absolute atomic E-state index is 0.0884. The van der Waals surface area contributed by atoms with Gasteiger partial charge in [0.15, 0.2) is 0 Å². The van der Waals surface area contributed by atoms with E-state index < -0.39 is 0 Å². The molecule has 1 atom stereocenters. The third-order valence-electron chi connectivity index (χ3n) is 5.10. The van der Waals surface area contributed by atoms with Gasteiger partial charge in [0.05, 0.1) is 11.4 Å². The molecule has 2 heterocycles. The van der Waals surface area contributed by atoms with E-state index in [2.05, 4.69) is 16.3 Å². The number of aryl methyl sites for hydroxylation is 1. The molecule has 3 rings (SSSR count). The van der Waals surface area contributed by atoms with Crippen molar-refractivity contribution in [3.63, 3.8) is 0 Å². The van der Waals surface area contributed by atoms with Gasteiger partial charge in [0, 0.05) is 30.1 Å². The second-order valence-corrected chi connectivity index (χ2v) is 9.02. The van der Waals surface area contributed by atoms with Crippen LogP contribution in [0.5, 0.6) is 5.75 Å². The van der Waals surface area contributed by atoms with E-state index in [0.29, 0.717) is 12.3 Å². The number of hydrogen-bond donors (Lipinski definition) is 1. The van der Waals surface area contributed by atoms with Crippen LogP contribution in [0.15, 0.2) is 30.3 Å². The minimum atomic E-state index is 0.0884. The van der Waals surface area contributed by atoms with E-state index in [1.807, 2.05) is 31.2 Å². The number of methoxy groups -OCH3 is 1. The highest BCUT2D eigenvalue weighted by atomic mass is 35.5. The maximum absolute atomic E-state index is 12.4. The molecule has 0 saturated carbocycles. The van der Waals surface area contributed by atoms with Crippen molar-refractivity contribution in [3.05, 3.63) is 45.1 Å². The molecule has 6 heteroatoms. The zero-order valence-electron chi connectivity index (χ0n) is 16.0. The van der Waals surface area contributed by atoms with Gasteiger partial charge in [-0.05, 0) is 74.5 Å². The zero-order chi connectivity index (χ0) is 19.2. The number of nitrogens with zero attached hydrogens (tertiary/aromatic N) is 1. The summed E-state index contributed by atoms with van der Waals surface area (Å²) in [7, 11) is 1.65. The van der Waals surface area contributed by atoms with Gasteiger partial charge in [0.2, 0.25) is 5.91 Å². The second-order valence-electron chi connectivity index (χ2n) is 7.22. The lowest BCUT2D eigenvalue weighted by Gasteiger charge is -2.32. The molecule has 0 spiro atoms. The van der Waals surface area contributed by atoms with Crippen molar-refractivity contribution in [2.45, 2.75) is 39.2 Å². The molecule has 1 aromatic carbocycles. The third kappa shape index (κ3) is 5.96. The Morgan fingerprint density at radius 2 is 2.22 bits per heavy atom. The van der Waals surface area contributed by atoms with E-state index >= 15 is 0 Å². The van der Waals surface area contributed by atoms with Crippen molar-refractivity contribution in [1.82, 2.24) is 4.90 Å². The van der Waals surface area contributed by atoms with Crippen LogP contribution in [0.25, 0.3) is 0 Å². The lowest BCUT2D eigenvalue weighted by Crippen LogP contribution is -2.35. The molecule has 1 N–H and O–H groups in total. The number of piperidine rings is 1. The summed E-state index contributed by atoms with van der Waals surface area (Å²) in [4.78, 5) is 16.2. The summed E-state index contributed by atoms with van der Waals surface area (Å²) in [5.41, 5.74) is 1.88. The number of hydrogen-bond acceptors (Lipinski definition) is 4. The van der Waals surface area contributed by atoms with Gasteiger partial charge < -0.3 is 10.1 Å². The summed E-state index contributed by atoms with van der Waals surface area (Å²) in [5, 5.41) is 3.03. The van der Waals surface area contributed by atoms with Crippen LogP contribution in [0.4, 0.5) is 5.69 Å². The van der Waals surface area contributed by atoms with Gasteiger partial charge in [-0.15, -0.1) is 11.3 Å². The molecule has 1 aliphatic rings. The number of amides is 1. The molecule has 0 aliphatic carbocycles. The molecule has 2 aromatic rings. The van der Waals surface area contributed by atoms with Crippen LogP contribution < -0.4 is 10.1 Å². The Balaban J connectivity index is 1.45. The average molecular weight is 407 g/mol. The normalized spacial score (nSPS) is 17.7. The topological polar surface area (TPSA) is 41.6 Å². The fourth-order valence-electron chi connectivity index (χ4n) is 3.64. The fourth-order valence-corrected chi connectivity index (χ4v) is 4.77. The highest BCUT2D eigenvalue weighted by molar-refractivity contribution is 7.16. The van der Waals surface area contributed by atoms with E-state index in [1.54, 1.807) is 18.4 Å². The van der Waals surface area contributed by atoms with Crippen LogP contribution >= 0.6 is 22.9 Å². The van der Waals surface area contributed by atoms with E-state index in [-0.39, 0.29) is 5.91 Å². The van der Waals surface area contributed by atoms with E-state index in [4.69, 9.17) is 16.3 Å². The van der Waals surface area contributed by atoms with E-state index in [1.165, 1.54) is 17.7 Å². The Morgan fingerprint density at radius 1 is 1.37 bits per heavy atom. The first-order valence-electron chi connectivity index (χ1n) is 9.44. The average Bonchev–Trinajstić information content (AvgIpc) is 3.06. The molecule has 1 saturated heterocycles. The minimum Gasteiger partial charge on any atom is -0.497 e. The number of anilines is 1. The number of carbonyl (C=O) groups excluding carboxylic acids is 1. The molecule has 0 radical (unpaired) electrons. The summed E-state index contributed by atoms with van der Waals surface area (Å²) < 4.78 is 6.06. The number of ether oxygens (including phenoxy) is 1. The molecular weight excluding hydrogens is 380 g/mol. The summed E-state index contributed by atoms with van der Waals surface area (Å²) in [6.07, 6.45) is 3.90. The highest BCUT2D eigenvalue weighted by Gasteiger charge is 2.21. The van der Waals surface area contributed by atoms with Gasteiger partial charge in [-0.2, -0.15) is 0 Å². The number of nitrogens with one attached hydrogen (secondary N) is 1. The Hall–Kier alpha value is -1.56. The molecule has 27 heavy (non-hydrogen) atoms. The monoisotopic (exact) mass is 406 g/mol. The fraction of sp³-hybridized carbons (Fsp3) is 0.476. The van der Waals surface area contributed by atoms with Gasteiger partial charge >= 0.3 is 0 Å².